The van der Waals surface area contributed by atoms with Gasteiger partial charge in [0.15, 0.2) is 0 Å². The van der Waals surface area contributed by atoms with Gasteiger partial charge in [-0.2, -0.15) is 0 Å². The average molecular weight is 318 g/mol. The molecule has 0 spiro atoms. The molecule has 2 rings (SSSR count). The zero-order valence-electron chi connectivity index (χ0n) is 12.9. The zero-order valence-corrected chi connectivity index (χ0v) is 12.9. The Hall–Kier alpha value is -2.67. The van der Waals surface area contributed by atoms with Crippen LogP contribution in [0.25, 0.3) is 11.3 Å². The second kappa shape index (κ2) is 7.06. The van der Waals surface area contributed by atoms with Crippen LogP contribution in [0.1, 0.15) is 19.6 Å². The molecule has 122 valence electrons. The van der Waals surface area contributed by atoms with Crippen molar-refractivity contribution in [1.82, 2.24) is 4.90 Å². The van der Waals surface area contributed by atoms with Crippen LogP contribution >= 0.6 is 0 Å². The lowest BCUT2D eigenvalue weighted by Gasteiger charge is -2.23. The molecule has 1 aromatic carbocycles. The van der Waals surface area contributed by atoms with Gasteiger partial charge in [0.1, 0.15) is 11.5 Å². The number of nitro benzene ring substituents is 1. The van der Waals surface area contributed by atoms with Crippen molar-refractivity contribution in [1.29, 1.82) is 0 Å². The number of rotatable bonds is 7. The molecule has 7 nitrogen and oxygen atoms in total. The fraction of sp³-hybridized carbons (Fsp3) is 0.312. The number of aliphatic carboxylic acids is 1. The van der Waals surface area contributed by atoms with Crippen LogP contribution in [0, 0.1) is 10.1 Å². The van der Waals surface area contributed by atoms with E-state index in [0.717, 1.165) is 0 Å². The summed E-state index contributed by atoms with van der Waals surface area (Å²) in [6.45, 7) is 4.02. The minimum Gasteiger partial charge on any atom is -0.480 e. The molecule has 1 aromatic heterocycles. The number of furan rings is 1. The van der Waals surface area contributed by atoms with Crippen LogP contribution in [0.3, 0.4) is 0 Å². The maximum absolute atomic E-state index is 11.1. The molecular formula is C16H18N2O5. The number of hydrogen-bond donors (Lipinski definition) is 1. The quantitative estimate of drug-likeness (QED) is 0.622. The van der Waals surface area contributed by atoms with Crippen molar-refractivity contribution in [2.45, 2.75) is 26.4 Å². The van der Waals surface area contributed by atoms with Crippen LogP contribution in [0.15, 0.2) is 40.8 Å². The van der Waals surface area contributed by atoms with Gasteiger partial charge in [0, 0.05) is 12.1 Å². The summed E-state index contributed by atoms with van der Waals surface area (Å²) in [5.41, 5.74) is 0.373. The van der Waals surface area contributed by atoms with Crippen molar-refractivity contribution in [2.75, 3.05) is 6.54 Å². The number of benzene rings is 1. The lowest BCUT2D eigenvalue weighted by atomic mass is 10.1. The van der Waals surface area contributed by atoms with Crippen molar-refractivity contribution in [3.8, 4) is 11.3 Å². The Bertz CT molecular complexity index is 708. The monoisotopic (exact) mass is 318 g/mol. The first-order valence-corrected chi connectivity index (χ1v) is 7.17. The van der Waals surface area contributed by atoms with Crippen molar-refractivity contribution in [2.24, 2.45) is 0 Å². The van der Waals surface area contributed by atoms with Crippen molar-refractivity contribution < 1.29 is 19.2 Å². The summed E-state index contributed by atoms with van der Waals surface area (Å²) in [4.78, 5) is 23.3. The number of para-hydroxylation sites is 1. The Balaban J connectivity index is 2.24. The summed E-state index contributed by atoms with van der Waals surface area (Å²) in [7, 11) is 0. The third kappa shape index (κ3) is 4.17. The zero-order chi connectivity index (χ0) is 17.0. The van der Waals surface area contributed by atoms with E-state index < -0.39 is 10.9 Å². The molecule has 0 aliphatic heterocycles. The van der Waals surface area contributed by atoms with E-state index >= 15 is 0 Å². The first kappa shape index (κ1) is 16.7. The summed E-state index contributed by atoms with van der Waals surface area (Å²) < 4.78 is 5.68. The van der Waals surface area contributed by atoms with Gasteiger partial charge in [-0.05, 0) is 32.0 Å². The molecule has 0 amide bonds. The molecule has 7 heteroatoms. The highest BCUT2D eigenvalue weighted by molar-refractivity contribution is 5.70. The van der Waals surface area contributed by atoms with E-state index in [1.54, 1.807) is 35.2 Å². The molecule has 1 heterocycles. The molecule has 0 unspecified atom stereocenters. The van der Waals surface area contributed by atoms with E-state index in [1.165, 1.54) is 6.07 Å². The third-order valence-electron chi connectivity index (χ3n) is 3.46. The smallest absolute Gasteiger partial charge is 0.317 e. The summed E-state index contributed by atoms with van der Waals surface area (Å²) in [5, 5.41) is 20.0. The van der Waals surface area contributed by atoms with E-state index in [2.05, 4.69) is 0 Å². The lowest BCUT2D eigenvalue weighted by Crippen LogP contribution is -2.34. The summed E-state index contributed by atoms with van der Waals surface area (Å²) in [6.07, 6.45) is 0. The molecular weight excluding hydrogens is 300 g/mol. The van der Waals surface area contributed by atoms with Gasteiger partial charge < -0.3 is 9.52 Å². The van der Waals surface area contributed by atoms with Gasteiger partial charge in [0.25, 0.3) is 5.69 Å². The molecule has 1 N–H and O–H groups in total. The topological polar surface area (TPSA) is 96.8 Å². The highest BCUT2D eigenvalue weighted by Crippen LogP contribution is 2.31. The molecule has 2 aromatic rings. The fourth-order valence-electron chi connectivity index (χ4n) is 2.24. The van der Waals surface area contributed by atoms with Gasteiger partial charge in [-0.25, -0.2) is 0 Å². The SMILES string of the molecule is CC(C)N(CC(=O)O)Cc1ccc(-c2ccccc2[N+](=O)[O-])o1. The second-order valence-corrected chi connectivity index (χ2v) is 5.43. The number of nitrogens with zero attached hydrogens (tertiary/aromatic N) is 2. The third-order valence-corrected chi connectivity index (χ3v) is 3.46. The van der Waals surface area contributed by atoms with Gasteiger partial charge in [-0.15, -0.1) is 0 Å². The minimum absolute atomic E-state index is 0.0281. The van der Waals surface area contributed by atoms with Gasteiger partial charge in [0.2, 0.25) is 0 Å². The molecule has 0 saturated carbocycles. The van der Waals surface area contributed by atoms with Crippen LogP contribution < -0.4 is 0 Å². The van der Waals surface area contributed by atoms with E-state index in [9.17, 15) is 14.9 Å². The van der Waals surface area contributed by atoms with Gasteiger partial charge in [0.05, 0.1) is 23.6 Å². The molecule has 0 aliphatic carbocycles. The highest BCUT2D eigenvalue weighted by Gasteiger charge is 2.19. The van der Waals surface area contributed by atoms with E-state index in [-0.39, 0.29) is 18.3 Å². The molecule has 0 saturated heterocycles. The first-order valence-electron chi connectivity index (χ1n) is 7.17. The number of carbonyl (C=O) groups is 1. The maximum Gasteiger partial charge on any atom is 0.317 e. The molecule has 0 radical (unpaired) electrons. The van der Waals surface area contributed by atoms with Gasteiger partial charge in [-0.3, -0.25) is 19.8 Å². The van der Waals surface area contributed by atoms with Crippen molar-refractivity contribution in [3.05, 3.63) is 52.3 Å². The molecule has 0 bridgehead atoms. The van der Waals surface area contributed by atoms with E-state index in [0.29, 0.717) is 23.6 Å². The molecule has 23 heavy (non-hydrogen) atoms. The summed E-state index contributed by atoms with van der Waals surface area (Å²) in [6, 6.07) is 9.75. The predicted octanol–water partition coefficient (Wildman–Crippen LogP) is 3.15. The fourth-order valence-corrected chi connectivity index (χ4v) is 2.24. The number of carboxylic acid groups (broad SMARTS) is 1. The summed E-state index contributed by atoms with van der Waals surface area (Å²) in [5.74, 6) is 0.0450. The Morgan fingerprint density at radius 3 is 2.61 bits per heavy atom. The number of hydrogen-bond acceptors (Lipinski definition) is 5. The Morgan fingerprint density at radius 2 is 2.00 bits per heavy atom. The average Bonchev–Trinajstić information content (AvgIpc) is 2.94. The Morgan fingerprint density at radius 1 is 1.30 bits per heavy atom. The van der Waals surface area contributed by atoms with Crippen LogP contribution in [0.5, 0.6) is 0 Å². The summed E-state index contributed by atoms with van der Waals surface area (Å²) >= 11 is 0. The van der Waals surface area contributed by atoms with Crippen LogP contribution in [-0.4, -0.2) is 33.5 Å². The van der Waals surface area contributed by atoms with Crippen molar-refractivity contribution >= 4 is 11.7 Å². The van der Waals surface area contributed by atoms with Crippen LogP contribution in [-0.2, 0) is 11.3 Å². The molecule has 0 fully saturated rings. The van der Waals surface area contributed by atoms with Gasteiger partial charge in [-0.1, -0.05) is 12.1 Å². The van der Waals surface area contributed by atoms with Crippen LogP contribution in [0.4, 0.5) is 5.69 Å². The van der Waals surface area contributed by atoms with Crippen molar-refractivity contribution in [3.63, 3.8) is 0 Å². The van der Waals surface area contributed by atoms with E-state index in [4.69, 9.17) is 9.52 Å². The highest BCUT2D eigenvalue weighted by atomic mass is 16.6. The van der Waals surface area contributed by atoms with Crippen LogP contribution in [0.2, 0.25) is 0 Å². The largest absolute Gasteiger partial charge is 0.480 e. The minimum atomic E-state index is -0.913. The normalized spacial score (nSPS) is 11.1. The molecule has 0 atom stereocenters. The standard InChI is InChI=1S/C16H18N2O5/c1-11(2)17(10-16(19)20)9-12-7-8-15(23-12)13-5-3-4-6-14(13)18(21)22/h3-8,11H,9-10H2,1-2H3,(H,19,20). The number of carboxylic acids is 1. The molecule has 0 aliphatic rings. The first-order chi connectivity index (χ1) is 10.9. The predicted molar refractivity (Wildman–Crippen MR) is 84.0 cm³/mol. The Kier molecular flexibility index (Phi) is 5.13. The maximum atomic E-state index is 11.1. The van der Waals surface area contributed by atoms with Gasteiger partial charge >= 0.3 is 5.97 Å². The number of nitro groups is 1. The van der Waals surface area contributed by atoms with E-state index in [1.807, 2.05) is 13.8 Å². The Labute approximate surface area is 133 Å². The lowest BCUT2D eigenvalue weighted by molar-refractivity contribution is -0.384. The second-order valence-electron chi connectivity index (χ2n) is 5.43.